The molecule has 0 aliphatic rings. The zero-order chi connectivity index (χ0) is 26.7. The number of phenols is 2. The van der Waals surface area contributed by atoms with Gasteiger partial charge in [0, 0.05) is 22.7 Å². The van der Waals surface area contributed by atoms with Gasteiger partial charge in [0.2, 0.25) is 0 Å². The SMILES string of the molecule is Oc1ccc(Nc2ccccc2)cc1.Oc1ccc(Nc2ccccc2)cc1.[Zr+2].c1cc[cH-]c1.c1cc[cH-]c1. The first kappa shape index (κ1) is 30.9. The molecular formula is C34H32N2O2Zr. The standard InChI is InChI=1S/2C12H11NO.2C5H5.Zr/c2*14-12-8-6-11(7-9-12)13-10-4-2-1-3-5-10;2*1-2-4-5-3-1;/h2*1-9,13-14H;2*1-5H;/q;;2*-1;+2. The molecule has 6 aromatic rings. The first-order valence-corrected chi connectivity index (χ1v) is 12.2. The molecule has 0 bridgehead atoms. The number of phenolic OH excluding ortho intramolecular Hbond substituents is 2. The number of hydrogen-bond acceptors (Lipinski definition) is 4. The van der Waals surface area contributed by atoms with Crippen LogP contribution in [0.5, 0.6) is 11.5 Å². The van der Waals surface area contributed by atoms with Crippen LogP contribution in [0.4, 0.5) is 22.7 Å². The summed E-state index contributed by atoms with van der Waals surface area (Å²) in [6.07, 6.45) is 0. The van der Waals surface area contributed by atoms with Gasteiger partial charge in [-0.05, 0) is 72.8 Å². The van der Waals surface area contributed by atoms with Gasteiger partial charge in [0.05, 0.1) is 0 Å². The maximum atomic E-state index is 9.09. The molecule has 0 saturated heterocycles. The van der Waals surface area contributed by atoms with Gasteiger partial charge in [0.15, 0.2) is 0 Å². The number of benzene rings is 4. The van der Waals surface area contributed by atoms with Crippen LogP contribution in [0, 0.1) is 0 Å². The van der Waals surface area contributed by atoms with Crippen LogP contribution in [-0.2, 0) is 26.2 Å². The van der Waals surface area contributed by atoms with Crippen molar-refractivity contribution in [3.05, 3.63) is 170 Å². The molecule has 0 amide bonds. The van der Waals surface area contributed by atoms with E-state index in [1.807, 2.05) is 146 Å². The van der Waals surface area contributed by atoms with Crippen LogP contribution in [-0.4, -0.2) is 10.2 Å². The van der Waals surface area contributed by atoms with Crippen LogP contribution in [0.2, 0.25) is 0 Å². The molecule has 0 spiro atoms. The zero-order valence-corrected chi connectivity index (χ0v) is 24.0. The van der Waals surface area contributed by atoms with Crippen LogP contribution < -0.4 is 10.6 Å². The van der Waals surface area contributed by atoms with Gasteiger partial charge in [-0.1, -0.05) is 36.4 Å². The first-order chi connectivity index (χ1) is 18.7. The summed E-state index contributed by atoms with van der Waals surface area (Å²) in [6, 6.07) is 53.8. The molecule has 5 heteroatoms. The number of nitrogens with one attached hydrogen (secondary N) is 2. The average Bonchev–Trinajstić information content (AvgIpc) is 3.73. The number of aromatic hydroxyl groups is 2. The van der Waals surface area contributed by atoms with E-state index in [1.54, 1.807) is 24.3 Å². The van der Waals surface area contributed by atoms with E-state index in [-0.39, 0.29) is 37.7 Å². The van der Waals surface area contributed by atoms with Crippen LogP contribution >= 0.6 is 0 Å². The fraction of sp³-hybridized carbons (Fsp3) is 0. The summed E-state index contributed by atoms with van der Waals surface area (Å²) in [4.78, 5) is 0. The Kier molecular flexibility index (Phi) is 14.9. The normalized spacial score (nSPS) is 9.03. The molecule has 194 valence electrons. The first-order valence-electron chi connectivity index (χ1n) is 12.2. The van der Waals surface area contributed by atoms with Crippen molar-refractivity contribution in [2.75, 3.05) is 10.6 Å². The summed E-state index contributed by atoms with van der Waals surface area (Å²) in [5.74, 6) is 0.562. The number of para-hydroxylation sites is 2. The third kappa shape index (κ3) is 13.7. The molecule has 0 atom stereocenters. The third-order valence-corrected chi connectivity index (χ3v) is 4.97. The van der Waals surface area contributed by atoms with Crippen LogP contribution in [0.3, 0.4) is 0 Å². The van der Waals surface area contributed by atoms with Crippen molar-refractivity contribution >= 4 is 22.7 Å². The second-order valence-corrected chi connectivity index (χ2v) is 8.00. The predicted octanol–water partition coefficient (Wildman–Crippen LogP) is 9.08. The van der Waals surface area contributed by atoms with E-state index >= 15 is 0 Å². The zero-order valence-electron chi connectivity index (χ0n) is 21.6. The molecule has 0 aliphatic carbocycles. The Morgan fingerprint density at radius 3 is 0.897 bits per heavy atom. The molecule has 0 radical (unpaired) electrons. The summed E-state index contributed by atoms with van der Waals surface area (Å²) in [6.45, 7) is 0. The quantitative estimate of drug-likeness (QED) is 0.122. The molecular weight excluding hydrogens is 560 g/mol. The van der Waals surface area contributed by atoms with E-state index in [2.05, 4.69) is 10.6 Å². The monoisotopic (exact) mass is 590 g/mol. The summed E-state index contributed by atoms with van der Waals surface area (Å²) in [7, 11) is 0. The molecule has 0 heterocycles. The molecule has 0 aliphatic heterocycles. The Hall–Kier alpha value is -4.34. The van der Waals surface area contributed by atoms with Crippen molar-refractivity contribution in [2.24, 2.45) is 0 Å². The minimum absolute atomic E-state index is 0. The van der Waals surface area contributed by atoms with Gasteiger partial charge >= 0.3 is 26.2 Å². The Bertz CT molecular complexity index is 1190. The van der Waals surface area contributed by atoms with Crippen molar-refractivity contribution in [2.45, 2.75) is 0 Å². The fourth-order valence-corrected chi connectivity index (χ4v) is 3.11. The maximum Gasteiger partial charge on any atom is 2.00 e. The van der Waals surface area contributed by atoms with Gasteiger partial charge in [-0.25, -0.2) is 24.3 Å². The van der Waals surface area contributed by atoms with Crippen LogP contribution in [0.1, 0.15) is 0 Å². The molecule has 6 aromatic carbocycles. The van der Waals surface area contributed by atoms with E-state index in [0.29, 0.717) is 0 Å². The molecule has 4 N–H and O–H groups in total. The maximum absolute atomic E-state index is 9.09. The number of anilines is 4. The molecule has 0 aromatic heterocycles. The predicted molar refractivity (Wildman–Crippen MR) is 160 cm³/mol. The second-order valence-electron chi connectivity index (χ2n) is 8.00. The van der Waals surface area contributed by atoms with Gasteiger partial charge in [-0.2, -0.15) is 36.4 Å². The van der Waals surface area contributed by atoms with Crippen molar-refractivity contribution < 1.29 is 36.4 Å². The number of hydrogen-bond donors (Lipinski definition) is 4. The Balaban J connectivity index is 0.000000199. The van der Waals surface area contributed by atoms with E-state index in [1.165, 1.54) is 0 Å². The Morgan fingerprint density at radius 2 is 0.641 bits per heavy atom. The summed E-state index contributed by atoms with van der Waals surface area (Å²) < 4.78 is 0. The largest absolute Gasteiger partial charge is 2.00 e. The number of rotatable bonds is 4. The van der Waals surface area contributed by atoms with Gasteiger partial charge in [-0.15, -0.1) is 0 Å². The van der Waals surface area contributed by atoms with Crippen LogP contribution in [0.15, 0.2) is 170 Å². The minimum atomic E-state index is 0. The van der Waals surface area contributed by atoms with Crippen molar-refractivity contribution in [3.63, 3.8) is 0 Å². The fourth-order valence-electron chi connectivity index (χ4n) is 3.11. The van der Waals surface area contributed by atoms with Crippen molar-refractivity contribution in [1.82, 2.24) is 0 Å². The molecule has 0 fully saturated rings. The van der Waals surface area contributed by atoms with Crippen LogP contribution in [0.25, 0.3) is 0 Å². The molecule has 39 heavy (non-hydrogen) atoms. The summed E-state index contributed by atoms with van der Waals surface area (Å²) >= 11 is 0. The van der Waals surface area contributed by atoms with Crippen molar-refractivity contribution in [3.8, 4) is 11.5 Å². The third-order valence-electron chi connectivity index (χ3n) is 4.97. The summed E-state index contributed by atoms with van der Waals surface area (Å²) in [5.41, 5.74) is 4.01. The summed E-state index contributed by atoms with van der Waals surface area (Å²) in [5, 5.41) is 24.6. The molecule has 0 saturated carbocycles. The van der Waals surface area contributed by atoms with Crippen molar-refractivity contribution in [1.29, 1.82) is 0 Å². The van der Waals surface area contributed by atoms with Gasteiger partial charge in [0.1, 0.15) is 11.5 Å². The van der Waals surface area contributed by atoms with E-state index in [4.69, 9.17) is 10.2 Å². The van der Waals surface area contributed by atoms with E-state index in [9.17, 15) is 0 Å². The molecule has 4 nitrogen and oxygen atoms in total. The second kappa shape index (κ2) is 18.8. The van der Waals surface area contributed by atoms with Gasteiger partial charge < -0.3 is 20.8 Å². The Morgan fingerprint density at radius 1 is 0.359 bits per heavy atom. The topological polar surface area (TPSA) is 64.5 Å². The average molecular weight is 592 g/mol. The minimum Gasteiger partial charge on any atom is -0.508 e. The van der Waals surface area contributed by atoms with E-state index in [0.717, 1.165) is 22.7 Å². The van der Waals surface area contributed by atoms with Gasteiger partial charge in [-0.3, -0.25) is 0 Å². The van der Waals surface area contributed by atoms with E-state index < -0.39 is 0 Å². The smallest absolute Gasteiger partial charge is 0.508 e. The molecule has 6 rings (SSSR count). The molecule has 0 unspecified atom stereocenters. The Labute approximate surface area is 250 Å². The van der Waals surface area contributed by atoms with Gasteiger partial charge in [0.25, 0.3) is 0 Å².